The van der Waals surface area contributed by atoms with Crippen molar-refractivity contribution in [3.05, 3.63) is 47.2 Å². The van der Waals surface area contributed by atoms with Crippen LogP contribution in [-0.4, -0.2) is 34.8 Å². The van der Waals surface area contributed by atoms with Gasteiger partial charge in [0, 0.05) is 12.7 Å². The van der Waals surface area contributed by atoms with Crippen LogP contribution < -0.4 is 10.4 Å². The zero-order chi connectivity index (χ0) is 17.5. The molecular weight excluding hydrogens is 330 g/mol. The third-order valence-corrected chi connectivity index (χ3v) is 3.66. The van der Waals surface area contributed by atoms with E-state index in [-0.39, 0.29) is 17.7 Å². The van der Waals surface area contributed by atoms with Crippen LogP contribution in [0.2, 0.25) is 0 Å². The maximum Gasteiger partial charge on any atom is 0.343 e. The summed E-state index contributed by atoms with van der Waals surface area (Å²) in [7, 11) is 0. The Hall–Kier alpha value is -2.61. The van der Waals surface area contributed by atoms with Gasteiger partial charge in [0.1, 0.15) is 11.4 Å². The number of aromatic carboxylic acids is 1. The van der Waals surface area contributed by atoms with Gasteiger partial charge in [0.15, 0.2) is 5.16 Å². The van der Waals surface area contributed by atoms with Crippen molar-refractivity contribution >= 4 is 29.5 Å². The molecule has 0 unspecified atom stereocenters. The van der Waals surface area contributed by atoms with Crippen molar-refractivity contribution in [1.29, 1.82) is 0 Å². The highest BCUT2D eigenvalue weighted by Gasteiger charge is 2.15. The first-order valence-electron chi connectivity index (χ1n) is 7.17. The lowest BCUT2D eigenvalue weighted by Crippen LogP contribution is -2.22. The molecule has 0 saturated carbocycles. The normalized spacial score (nSPS) is 10.2. The van der Waals surface area contributed by atoms with Gasteiger partial charge in [-0.05, 0) is 24.3 Å². The van der Waals surface area contributed by atoms with Gasteiger partial charge >= 0.3 is 5.97 Å². The molecular formula is C16H16N3O4S-. The predicted molar refractivity (Wildman–Crippen MR) is 87.9 cm³/mol. The average Bonchev–Trinajstić information content (AvgIpc) is 2.60. The molecule has 0 aliphatic heterocycles. The molecule has 1 aromatic carbocycles. The molecule has 1 N–H and O–H groups in total. The number of carboxylic acids is 1. The van der Waals surface area contributed by atoms with Crippen LogP contribution >= 0.6 is 11.8 Å². The van der Waals surface area contributed by atoms with E-state index in [4.69, 9.17) is 4.74 Å². The molecule has 2 aromatic rings. The quantitative estimate of drug-likeness (QED) is 0.455. The van der Waals surface area contributed by atoms with E-state index in [1.165, 1.54) is 30.1 Å². The second kappa shape index (κ2) is 8.30. The Balaban J connectivity index is 2.17. The molecule has 0 aliphatic rings. The number of ether oxygens (including phenoxy) is 1. The van der Waals surface area contributed by atoms with Crippen LogP contribution in [0.15, 0.2) is 35.6 Å². The number of benzene rings is 1. The Morgan fingerprint density at radius 2 is 2.00 bits per heavy atom. The smallest absolute Gasteiger partial charge is 0.343 e. The topological polar surface area (TPSA) is 104 Å². The number of carbonyl (C=O) groups excluding carboxylic acids is 2. The summed E-state index contributed by atoms with van der Waals surface area (Å²) in [5.41, 5.74) is 1.19. The summed E-state index contributed by atoms with van der Waals surface area (Å²) in [4.78, 5) is 31.1. The number of hydrogen-bond donors (Lipinski definition) is 1. The highest BCUT2D eigenvalue weighted by molar-refractivity contribution is 7.98. The summed E-state index contributed by atoms with van der Waals surface area (Å²) in [6, 6.07) is 6.26. The largest absolute Gasteiger partial charge is 0.545 e. The zero-order valence-corrected chi connectivity index (χ0v) is 14.1. The molecule has 0 aliphatic carbocycles. The number of thioether (sulfide) groups is 1. The molecule has 0 radical (unpaired) electrons. The highest BCUT2D eigenvalue weighted by Crippen LogP contribution is 2.18. The van der Waals surface area contributed by atoms with E-state index in [0.717, 1.165) is 5.56 Å². The lowest BCUT2D eigenvalue weighted by molar-refractivity contribution is -0.255. The summed E-state index contributed by atoms with van der Waals surface area (Å²) >= 11 is 1.36. The molecule has 1 heterocycles. The number of carbonyl (C=O) groups is 2. The second-order valence-corrected chi connectivity index (χ2v) is 5.45. The van der Waals surface area contributed by atoms with Gasteiger partial charge in [0.05, 0.1) is 12.6 Å². The minimum atomic E-state index is -1.22. The first kappa shape index (κ1) is 17.7. The molecule has 0 atom stereocenters. The van der Waals surface area contributed by atoms with Gasteiger partial charge in [0.2, 0.25) is 0 Å². The molecule has 0 bridgehead atoms. The van der Waals surface area contributed by atoms with Crippen LogP contribution in [0.1, 0.15) is 33.2 Å². The van der Waals surface area contributed by atoms with Gasteiger partial charge in [0.25, 0.3) is 0 Å². The Morgan fingerprint density at radius 1 is 1.29 bits per heavy atom. The number of carboxylic acid groups (broad SMARTS) is 1. The Bertz CT molecular complexity index is 735. The van der Waals surface area contributed by atoms with Crippen LogP contribution in [-0.2, 0) is 11.3 Å². The zero-order valence-electron chi connectivity index (χ0n) is 13.2. The standard InChI is InChI=1S/C16H17N3O4S/c1-3-23-15(22)12-9-18-16(24-2)19-13(12)17-8-10-4-6-11(7-5-10)14(20)21/h4-7,9H,3,8H2,1-2H3,(H,20,21)(H,17,18,19)/p-1. The van der Waals surface area contributed by atoms with Crippen molar-refractivity contribution in [2.24, 2.45) is 0 Å². The molecule has 0 saturated heterocycles. The maximum atomic E-state index is 12.0. The molecule has 0 spiro atoms. The van der Waals surface area contributed by atoms with Gasteiger partial charge in [-0.2, -0.15) is 0 Å². The van der Waals surface area contributed by atoms with E-state index in [0.29, 0.717) is 17.5 Å². The molecule has 126 valence electrons. The maximum absolute atomic E-state index is 12.0. The molecule has 1 aromatic heterocycles. The molecule has 24 heavy (non-hydrogen) atoms. The number of nitrogens with zero attached hydrogens (tertiary/aromatic N) is 2. The van der Waals surface area contributed by atoms with Crippen LogP contribution in [0.3, 0.4) is 0 Å². The minimum absolute atomic E-state index is 0.109. The number of rotatable bonds is 7. The third kappa shape index (κ3) is 4.45. The number of hydrogen-bond acceptors (Lipinski definition) is 8. The molecule has 2 rings (SSSR count). The van der Waals surface area contributed by atoms with Crippen molar-refractivity contribution in [2.45, 2.75) is 18.6 Å². The van der Waals surface area contributed by atoms with E-state index < -0.39 is 11.9 Å². The van der Waals surface area contributed by atoms with Gasteiger partial charge < -0.3 is 20.0 Å². The Labute approximate surface area is 143 Å². The van der Waals surface area contributed by atoms with Crippen LogP contribution in [0.5, 0.6) is 0 Å². The van der Waals surface area contributed by atoms with Crippen molar-refractivity contribution < 1.29 is 19.4 Å². The van der Waals surface area contributed by atoms with Crippen molar-refractivity contribution in [1.82, 2.24) is 9.97 Å². The lowest BCUT2D eigenvalue weighted by Gasteiger charge is -2.11. The summed E-state index contributed by atoms with van der Waals surface area (Å²) in [6.07, 6.45) is 3.26. The monoisotopic (exact) mass is 346 g/mol. The fourth-order valence-electron chi connectivity index (χ4n) is 1.90. The lowest BCUT2D eigenvalue weighted by atomic mass is 10.1. The summed E-state index contributed by atoms with van der Waals surface area (Å²) in [6.45, 7) is 2.35. The fraction of sp³-hybridized carbons (Fsp3) is 0.250. The second-order valence-electron chi connectivity index (χ2n) is 4.68. The van der Waals surface area contributed by atoms with Crippen LogP contribution in [0.25, 0.3) is 0 Å². The van der Waals surface area contributed by atoms with Gasteiger partial charge in [-0.25, -0.2) is 14.8 Å². The minimum Gasteiger partial charge on any atom is -0.545 e. The fourth-order valence-corrected chi connectivity index (χ4v) is 2.24. The van der Waals surface area contributed by atoms with E-state index in [1.54, 1.807) is 19.1 Å². The molecule has 0 amide bonds. The first-order chi connectivity index (χ1) is 11.5. The first-order valence-corrected chi connectivity index (χ1v) is 8.40. The number of anilines is 1. The van der Waals surface area contributed by atoms with Gasteiger partial charge in [-0.1, -0.05) is 36.0 Å². The third-order valence-electron chi connectivity index (χ3n) is 3.09. The van der Waals surface area contributed by atoms with Crippen molar-refractivity contribution in [2.75, 3.05) is 18.2 Å². The summed E-state index contributed by atoms with van der Waals surface area (Å²) in [5.74, 6) is -1.35. The van der Waals surface area contributed by atoms with E-state index >= 15 is 0 Å². The Morgan fingerprint density at radius 3 is 2.58 bits per heavy atom. The SMILES string of the molecule is CCOC(=O)c1cnc(SC)nc1NCc1ccc(C(=O)[O-])cc1. The predicted octanol–water partition coefficient (Wildman–Crippen LogP) is 1.35. The van der Waals surface area contributed by atoms with E-state index in [2.05, 4.69) is 15.3 Å². The summed E-state index contributed by atoms with van der Waals surface area (Å²) in [5, 5.41) is 14.3. The molecule has 7 nitrogen and oxygen atoms in total. The summed E-state index contributed by atoms with van der Waals surface area (Å²) < 4.78 is 5.00. The van der Waals surface area contributed by atoms with Crippen molar-refractivity contribution in [3.8, 4) is 0 Å². The van der Waals surface area contributed by atoms with Gasteiger partial charge in [-0.15, -0.1) is 0 Å². The molecule has 0 fully saturated rings. The van der Waals surface area contributed by atoms with E-state index in [1.807, 2.05) is 6.26 Å². The number of esters is 1. The highest BCUT2D eigenvalue weighted by atomic mass is 32.2. The van der Waals surface area contributed by atoms with Crippen LogP contribution in [0, 0.1) is 0 Å². The number of nitrogens with one attached hydrogen (secondary N) is 1. The van der Waals surface area contributed by atoms with E-state index in [9.17, 15) is 14.7 Å². The average molecular weight is 346 g/mol. The number of aromatic nitrogens is 2. The molecule has 8 heteroatoms. The Kier molecular flexibility index (Phi) is 6.14. The van der Waals surface area contributed by atoms with Crippen molar-refractivity contribution in [3.63, 3.8) is 0 Å². The van der Waals surface area contributed by atoms with Crippen LogP contribution in [0.4, 0.5) is 5.82 Å². The van der Waals surface area contributed by atoms with Gasteiger partial charge in [-0.3, -0.25) is 0 Å².